The molecule has 0 unspecified atom stereocenters. The molecule has 0 aromatic carbocycles. The lowest BCUT2D eigenvalue weighted by Crippen LogP contribution is -2.11. The van der Waals surface area contributed by atoms with Gasteiger partial charge in [-0.05, 0) is 18.1 Å². The predicted molar refractivity (Wildman–Crippen MR) is 64.3 cm³/mol. The minimum absolute atomic E-state index is 0.102. The molecule has 6 heteroatoms. The summed E-state index contributed by atoms with van der Waals surface area (Å²) in [5.74, 6) is 0.234. The Labute approximate surface area is 98.3 Å². The zero-order valence-corrected chi connectivity index (χ0v) is 10.7. The third-order valence-corrected chi connectivity index (χ3v) is 5.51. The van der Waals surface area contributed by atoms with E-state index in [0.29, 0.717) is 5.65 Å². The van der Waals surface area contributed by atoms with E-state index in [1.807, 2.05) is 19.9 Å². The summed E-state index contributed by atoms with van der Waals surface area (Å²) in [6.07, 6.45) is 1.61. The highest BCUT2D eigenvalue weighted by Gasteiger charge is 2.21. The standard InChI is InChI=1S/C10H12N2O2S2/c1-7(2)6-16(13,14)10-12-9-8(15-10)4-3-5-11-9/h3-5,7H,6H2,1-2H3. The molecular formula is C10H12N2O2S2. The Hall–Kier alpha value is -1.01. The lowest BCUT2D eigenvalue weighted by molar-refractivity contribution is 0.582. The minimum Gasteiger partial charge on any atom is -0.236 e. The van der Waals surface area contributed by atoms with E-state index >= 15 is 0 Å². The third-order valence-electron chi connectivity index (χ3n) is 1.96. The number of rotatable bonds is 3. The van der Waals surface area contributed by atoms with Crippen LogP contribution in [0.1, 0.15) is 13.8 Å². The van der Waals surface area contributed by atoms with E-state index in [0.717, 1.165) is 4.70 Å². The van der Waals surface area contributed by atoms with Gasteiger partial charge >= 0.3 is 0 Å². The van der Waals surface area contributed by atoms with Crippen molar-refractivity contribution in [2.75, 3.05) is 5.75 Å². The van der Waals surface area contributed by atoms with Crippen LogP contribution >= 0.6 is 11.3 Å². The molecule has 0 aliphatic heterocycles. The highest BCUT2D eigenvalue weighted by molar-refractivity contribution is 7.93. The summed E-state index contributed by atoms with van der Waals surface area (Å²) in [6, 6.07) is 3.60. The molecular weight excluding hydrogens is 244 g/mol. The van der Waals surface area contributed by atoms with Crippen molar-refractivity contribution >= 4 is 31.5 Å². The molecule has 0 saturated carbocycles. The van der Waals surface area contributed by atoms with E-state index in [1.54, 1.807) is 12.3 Å². The molecule has 0 aliphatic rings. The van der Waals surface area contributed by atoms with Gasteiger partial charge in [0.1, 0.15) is 0 Å². The summed E-state index contributed by atoms with van der Waals surface area (Å²) >= 11 is 1.18. The van der Waals surface area contributed by atoms with Crippen LogP contribution in [-0.4, -0.2) is 24.1 Å². The molecule has 0 atom stereocenters. The zero-order valence-electron chi connectivity index (χ0n) is 9.04. The van der Waals surface area contributed by atoms with Crippen LogP contribution in [0.2, 0.25) is 0 Å². The molecule has 2 heterocycles. The summed E-state index contributed by atoms with van der Waals surface area (Å²) < 4.78 is 24.9. The van der Waals surface area contributed by atoms with Gasteiger partial charge in [-0.1, -0.05) is 13.8 Å². The van der Waals surface area contributed by atoms with E-state index < -0.39 is 9.84 Å². The van der Waals surface area contributed by atoms with Crippen LogP contribution in [0.5, 0.6) is 0 Å². The first-order valence-electron chi connectivity index (χ1n) is 4.93. The molecule has 0 aliphatic carbocycles. The second-order valence-electron chi connectivity index (χ2n) is 3.98. The zero-order chi connectivity index (χ0) is 11.8. The SMILES string of the molecule is CC(C)CS(=O)(=O)c1nc2ncccc2s1. The lowest BCUT2D eigenvalue weighted by Gasteiger charge is -2.02. The number of nitrogens with zero attached hydrogens (tertiary/aromatic N) is 2. The van der Waals surface area contributed by atoms with E-state index in [2.05, 4.69) is 9.97 Å². The highest BCUT2D eigenvalue weighted by atomic mass is 32.2. The molecule has 16 heavy (non-hydrogen) atoms. The van der Waals surface area contributed by atoms with Gasteiger partial charge in [0, 0.05) is 6.20 Å². The summed E-state index contributed by atoms with van der Waals surface area (Å²) in [4.78, 5) is 8.09. The summed E-state index contributed by atoms with van der Waals surface area (Å²) in [7, 11) is -3.25. The molecule has 0 spiro atoms. The van der Waals surface area contributed by atoms with Gasteiger partial charge in [-0.3, -0.25) is 0 Å². The van der Waals surface area contributed by atoms with Gasteiger partial charge in [-0.25, -0.2) is 18.4 Å². The van der Waals surface area contributed by atoms with Crippen LogP contribution in [0.4, 0.5) is 0 Å². The van der Waals surface area contributed by atoms with Crippen LogP contribution < -0.4 is 0 Å². The molecule has 0 bridgehead atoms. The quantitative estimate of drug-likeness (QED) is 0.844. The Kier molecular flexibility index (Phi) is 2.94. The fourth-order valence-corrected chi connectivity index (χ4v) is 4.28. The van der Waals surface area contributed by atoms with E-state index in [1.165, 1.54) is 11.3 Å². The Morgan fingerprint density at radius 3 is 2.81 bits per heavy atom. The fourth-order valence-electron chi connectivity index (χ4n) is 1.39. The number of fused-ring (bicyclic) bond motifs is 1. The number of aromatic nitrogens is 2. The largest absolute Gasteiger partial charge is 0.236 e. The van der Waals surface area contributed by atoms with Gasteiger partial charge in [0.05, 0.1) is 10.5 Å². The predicted octanol–water partition coefficient (Wildman–Crippen LogP) is 2.12. The topological polar surface area (TPSA) is 59.9 Å². The molecule has 86 valence electrons. The van der Waals surface area contributed by atoms with Crippen LogP contribution in [0.3, 0.4) is 0 Å². The van der Waals surface area contributed by atoms with Gasteiger partial charge < -0.3 is 0 Å². The first kappa shape index (κ1) is 11.5. The monoisotopic (exact) mass is 256 g/mol. The van der Waals surface area contributed by atoms with Gasteiger partial charge in [0.2, 0.25) is 14.2 Å². The molecule has 0 fully saturated rings. The maximum absolute atomic E-state index is 11.9. The maximum Gasteiger partial charge on any atom is 0.211 e. The van der Waals surface area contributed by atoms with Crippen molar-refractivity contribution in [2.24, 2.45) is 5.92 Å². The van der Waals surface area contributed by atoms with Crippen molar-refractivity contribution < 1.29 is 8.42 Å². The Morgan fingerprint density at radius 1 is 1.44 bits per heavy atom. The molecule has 2 aromatic rings. The van der Waals surface area contributed by atoms with Crippen molar-refractivity contribution in [3.05, 3.63) is 18.3 Å². The van der Waals surface area contributed by atoms with Crippen molar-refractivity contribution in [3.63, 3.8) is 0 Å². The second-order valence-corrected chi connectivity index (χ2v) is 7.22. The van der Waals surface area contributed by atoms with Gasteiger partial charge in [0.15, 0.2) is 5.65 Å². The third kappa shape index (κ3) is 2.22. The normalized spacial score (nSPS) is 12.4. The summed E-state index contributed by atoms with van der Waals surface area (Å²) in [5, 5.41) is 0. The van der Waals surface area contributed by atoms with Crippen molar-refractivity contribution in [1.29, 1.82) is 0 Å². The Balaban J connectivity index is 2.48. The number of hydrogen-bond acceptors (Lipinski definition) is 5. The van der Waals surface area contributed by atoms with Crippen LogP contribution in [0.15, 0.2) is 22.7 Å². The summed E-state index contributed by atoms with van der Waals surface area (Å²) in [5.41, 5.74) is 0.509. The van der Waals surface area contributed by atoms with Gasteiger partial charge in [-0.2, -0.15) is 0 Å². The Morgan fingerprint density at radius 2 is 2.19 bits per heavy atom. The first-order valence-corrected chi connectivity index (χ1v) is 7.40. The number of pyridine rings is 1. The molecule has 0 N–H and O–H groups in total. The fraction of sp³-hybridized carbons (Fsp3) is 0.400. The number of thiazole rings is 1. The molecule has 4 nitrogen and oxygen atoms in total. The molecule has 2 rings (SSSR count). The van der Waals surface area contributed by atoms with Crippen LogP contribution in [-0.2, 0) is 9.84 Å². The van der Waals surface area contributed by atoms with Gasteiger partial charge in [-0.15, -0.1) is 11.3 Å². The number of sulfone groups is 1. The van der Waals surface area contributed by atoms with E-state index in [9.17, 15) is 8.42 Å². The average Bonchev–Trinajstić information content (AvgIpc) is 2.59. The van der Waals surface area contributed by atoms with Crippen molar-refractivity contribution in [1.82, 2.24) is 9.97 Å². The van der Waals surface area contributed by atoms with Crippen LogP contribution in [0.25, 0.3) is 10.3 Å². The minimum atomic E-state index is -3.25. The average molecular weight is 256 g/mol. The summed E-state index contributed by atoms with van der Waals surface area (Å²) in [6.45, 7) is 3.76. The molecule has 0 radical (unpaired) electrons. The van der Waals surface area contributed by atoms with E-state index in [-0.39, 0.29) is 16.0 Å². The lowest BCUT2D eigenvalue weighted by atomic mass is 10.3. The van der Waals surface area contributed by atoms with E-state index in [4.69, 9.17) is 0 Å². The Bertz CT molecular complexity index is 569. The maximum atomic E-state index is 11.9. The molecule has 0 amide bonds. The smallest absolute Gasteiger partial charge is 0.211 e. The molecule has 0 saturated heterocycles. The van der Waals surface area contributed by atoms with Crippen molar-refractivity contribution in [3.8, 4) is 0 Å². The first-order chi connectivity index (χ1) is 7.49. The van der Waals surface area contributed by atoms with Crippen LogP contribution in [0, 0.1) is 5.92 Å². The van der Waals surface area contributed by atoms with Gasteiger partial charge in [0.25, 0.3) is 0 Å². The van der Waals surface area contributed by atoms with Crippen molar-refractivity contribution in [2.45, 2.75) is 18.2 Å². The highest BCUT2D eigenvalue weighted by Crippen LogP contribution is 2.25. The molecule has 2 aromatic heterocycles. The second kappa shape index (κ2) is 4.10. The number of hydrogen-bond donors (Lipinski definition) is 0.